The van der Waals surface area contributed by atoms with Crippen LogP contribution in [0.4, 0.5) is 0 Å². The smallest absolute Gasteiger partial charge is 0.313 e. The average Bonchev–Trinajstić information content (AvgIpc) is 3.42. The fourth-order valence-electron chi connectivity index (χ4n) is 7.39. The van der Waals surface area contributed by atoms with Crippen LogP contribution in [0.25, 0.3) is 0 Å². The van der Waals surface area contributed by atoms with Crippen LogP contribution >= 0.6 is 0 Å². The molecule has 8 nitrogen and oxygen atoms in total. The number of aliphatic hydroxyl groups excluding tert-OH is 1. The Hall–Kier alpha value is -2.19. The Labute approximate surface area is 222 Å². The van der Waals surface area contributed by atoms with Crippen LogP contribution in [0.2, 0.25) is 0 Å². The number of nitrogens with zero attached hydrogens (tertiary/aromatic N) is 2. The van der Waals surface area contributed by atoms with Crippen molar-refractivity contribution in [1.82, 2.24) is 9.80 Å². The van der Waals surface area contributed by atoms with E-state index in [1.165, 1.54) is 11.0 Å². The van der Waals surface area contributed by atoms with Gasteiger partial charge in [0.2, 0.25) is 11.8 Å². The minimum Gasteiger partial charge on any atom is -0.461 e. The number of likely N-dealkylation sites (tertiary alicyclic amines) is 1. The van der Waals surface area contributed by atoms with E-state index in [0.29, 0.717) is 25.8 Å². The summed E-state index contributed by atoms with van der Waals surface area (Å²) in [6, 6.07) is -1.58. The van der Waals surface area contributed by atoms with Crippen LogP contribution in [-0.2, 0) is 23.9 Å². The Bertz CT molecular complexity index is 939. The van der Waals surface area contributed by atoms with Crippen LogP contribution in [0.3, 0.4) is 0 Å². The van der Waals surface area contributed by atoms with Crippen molar-refractivity contribution in [3.05, 3.63) is 25.3 Å². The van der Waals surface area contributed by atoms with E-state index >= 15 is 0 Å². The second-order valence-electron chi connectivity index (χ2n) is 12.8. The lowest BCUT2D eigenvalue weighted by Crippen LogP contribution is -2.62. The molecule has 6 atom stereocenters. The maximum Gasteiger partial charge on any atom is 0.313 e. The molecule has 1 spiro atoms. The molecule has 0 radical (unpaired) electrons. The highest BCUT2D eigenvalue weighted by atomic mass is 16.6. The molecule has 0 aromatic heterocycles. The van der Waals surface area contributed by atoms with Crippen LogP contribution < -0.4 is 0 Å². The predicted octanol–water partition coefficient (Wildman–Crippen LogP) is 3.48. The van der Waals surface area contributed by atoms with E-state index in [1.807, 2.05) is 20.8 Å². The van der Waals surface area contributed by atoms with Gasteiger partial charge in [0.15, 0.2) is 0 Å². The first-order chi connectivity index (χ1) is 17.2. The van der Waals surface area contributed by atoms with E-state index in [-0.39, 0.29) is 30.4 Å². The van der Waals surface area contributed by atoms with Crippen molar-refractivity contribution in [1.29, 1.82) is 0 Å². The van der Waals surface area contributed by atoms with Gasteiger partial charge >= 0.3 is 5.97 Å². The molecule has 1 N–H and O–H groups in total. The molecule has 2 amide bonds. The molecule has 0 aromatic carbocycles. The summed E-state index contributed by atoms with van der Waals surface area (Å²) < 4.78 is 12.2. The van der Waals surface area contributed by atoms with Gasteiger partial charge in [0.25, 0.3) is 0 Å². The van der Waals surface area contributed by atoms with Crippen molar-refractivity contribution < 1.29 is 29.0 Å². The minimum atomic E-state index is -1.16. The lowest BCUT2D eigenvalue weighted by Gasteiger charge is -2.46. The summed E-state index contributed by atoms with van der Waals surface area (Å²) in [6.07, 6.45) is 5.48. The maximum absolute atomic E-state index is 14.6. The zero-order valence-corrected chi connectivity index (χ0v) is 23.7. The lowest BCUT2D eigenvalue weighted by molar-refractivity contribution is -0.164. The first-order valence-electron chi connectivity index (χ1n) is 13.5. The zero-order chi connectivity index (χ0) is 28.0. The third kappa shape index (κ3) is 4.76. The second kappa shape index (κ2) is 10.2. The van der Waals surface area contributed by atoms with E-state index in [2.05, 4.69) is 33.9 Å². The molecule has 3 saturated heterocycles. The molecule has 2 unspecified atom stereocenters. The monoisotopic (exact) mass is 518 g/mol. The van der Waals surface area contributed by atoms with Gasteiger partial charge < -0.3 is 24.4 Å². The predicted molar refractivity (Wildman–Crippen MR) is 141 cm³/mol. The van der Waals surface area contributed by atoms with Crippen molar-refractivity contribution >= 4 is 17.8 Å². The molecule has 2 bridgehead atoms. The van der Waals surface area contributed by atoms with Crippen LogP contribution in [0.15, 0.2) is 25.3 Å². The summed E-state index contributed by atoms with van der Waals surface area (Å²) in [5, 5.41) is 10.1. The highest BCUT2D eigenvalue weighted by molar-refractivity contribution is 5.99. The molecular formula is C29H46N2O6. The van der Waals surface area contributed by atoms with Crippen molar-refractivity contribution in [3.8, 4) is 0 Å². The number of hydrogen-bond donors (Lipinski definition) is 1. The van der Waals surface area contributed by atoms with E-state index in [1.54, 1.807) is 17.9 Å². The summed E-state index contributed by atoms with van der Waals surface area (Å²) in [6.45, 7) is 21.7. The fourth-order valence-corrected chi connectivity index (χ4v) is 7.39. The highest BCUT2D eigenvalue weighted by Gasteiger charge is 2.79. The molecule has 3 rings (SSSR count). The summed E-state index contributed by atoms with van der Waals surface area (Å²) in [7, 11) is 0. The first kappa shape index (κ1) is 29.4. The van der Waals surface area contributed by atoms with Crippen LogP contribution in [-0.4, -0.2) is 81.3 Å². The highest BCUT2D eigenvalue weighted by Crippen LogP contribution is 2.65. The summed E-state index contributed by atoms with van der Waals surface area (Å²) in [4.78, 5) is 45.3. The molecule has 3 heterocycles. The van der Waals surface area contributed by atoms with E-state index in [0.717, 1.165) is 6.42 Å². The zero-order valence-electron chi connectivity index (χ0n) is 23.7. The number of esters is 1. The van der Waals surface area contributed by atoms with Crippen molar-refractivity contribution in [3.63, 3.8) is 0 Å². The molecule has 3 aliphatic heterocycles. The number of rotatable bonds is 11. The topological polar surface area (TPSA) is 96.4 Å². The SMILES string of the molecule is C=CCOC(=O)[C@H]1[C@H]2C(=O)N([C@H](C)CO)C(C(=O)N(CC=C)C(C)(C)CC(C)(C)C)C23CC[C@]1(CC)O3. The standard InChI is InChI=1S/C29H46N2O6/c1-10-15-30(27(8,9)18-26(5,6)7)24(34)22-29-14-13-28(12-3,37-29)21(25(35)36-16-11-2)20(29)23(33)31(22)19(4)17-32/h10-11,19-22,32H,1-2,12-18H2,3-9H3/t19-,20+,21-,22?,28+,29?/m1/s1. The quantitative estimate of drug-likeness (QED) is 0.332. The molecule has 0 saturated carbocycles. The molecule has 8 heteroatoms. The number of carbonyl (C=O) groups is 3. The second-order valence-corrected chi connectivity index (χ2v) is 12.8. The van der Waals surface area contributed by atoms with Gasteiger partial charge in [0.05, 0.1) is 24.2 Å². The molecule has 0 aliphatic carbocycles. The van der Waals surface area contributed by atoms with Gasteiger partial charge in [-0.05, 0) is 51.9 Å². The largest absolute Gasteiger partial charge is 0.461 e. The number of fused-ring (bicyclic) bond motifs is 1. The van der Waals surface area contributed by atoms with Gasteiger partial charge in [-0.1, -0.05) is 46.4 Å². The molecule has 208 valence electrons. The van der Waals surface area contributed by atoms with Gasteiger partial charge in [0.1, 0.15) is 24.2 Å². The van der Waals surface area contributed by atoms with Gasteiger partial charge in [-0.15, -0.1) is 6.58 Å². The Morgan fingerprint density at radius 2 is 1.89 bits per heavy atom. The summed E-state index contributed by atoms with van der Waals surface area (Å²) in [5.74, 6) is -2.74. The van der Waals surface area contributed by atoms with E-state index in [9.17, 15) is 19.5 Å². The van der Waals surface area contributed by atoms with Crippen molar-refractivity contribution in [2.75, 3.05) is 19.8 Å². The molecule has 0 aromatic rings. The summed E-state index contributed by atoms with van der Waals surface area (Å²) in [5.41, 5.74) is -2.63. The number of amides is 2. The third-order valence-electron chi connectivity index (χ3n) is 8.46. The molecule has 3 aliphatic rings. The van der Waals surface area contributed by atoms with Crippen LogP contribution in [0.1, 0.15) is 74.1 Å². The molecular weight excluding hydrogens is 472 g/mol. The third-order valence-corrected chi connectivity index (χ3v) is 8.46. The molecule has 37 heavy (non-hydrogen) atoms. The number of ether oxygens (including phenoxy) is 2. The maximum atomic E-state index is 14.6. The van der Waals surface area contributed by atoms with Crippen LogP contribution in [0, 0.1) is 17.3 Å². The summed E-state index contributed by atoms with van der Waals surface area (Å²) >= 11 is 0. The Balaban J connectivity index is 2.15. The first-order valence-corrected chi connectivity index (χ1v) is 13.5. The Morgan fingerprint density at radius 3 is 2.41 bits per heavy atom. The average molecular weight is 519 g/mol. The fraction of sp³-hybridized carbons (Fsp3) is 0.759. The van der Waals surface area contributed by atoms with Gasteiger partial charge in [-0.25, -0.2) is 0 Å². The number of aliphatic hydroxyl groups is 1. The lowest BCUT2D eigenvalue weighted by atomic mass is 9.65. The van der Waals surface area contributed by atoms with Crippen molar-refractivity contribution in [2.24, 2.45) is 17.3 Å². The van der Waals surface area contributed by atoms with Gasteiger partial charge in [0, 0.05) is 12.1 Å². The van der Waals surface area contributed by atoms with Crippen LogP contribution in [0.5, 0.6) is 0 Å². The normalized spacial score (nSPS) is 31.7. The minimum absolute atomic E-state index is 0.0380. The Kier molecular flexibility index (Phi) is 8.08. The molecule has 3 fully saturated rings. The number of hydrogen-bond acceptors (Lipinski definition) is 6. The van der Waals surface area contributed by atoms with Crippen molar-refractivity contribution in [2.45, 2.75) is 103 Å². The van der Waals surface area contributed by atoms with Gasteiger partial charge in [-0.2, -0.15) is 0 Å². The Morgan fingerprint density at radius 1 is 1.24 bits per heavy atom. The van der Waals surface area contributed by atoms with Gasteiger partial charge in [-0.3, -0.25) is 14.4 Å². The van der Waals surface area contributed by atoms with E-state index < -0.39 is 46.6 Å². The van der Waals surface area contributed by atoms with E-state index in [4.69, 9.17) is 9.47 Å². The number of carbonyl (C=O) groups excluding carboxylic acids is 3.